The van der Waals surface area contributed by atoms with Crippen LogP contribution >= 0.6 is 0 Å². The number of carbonyl (C=O) groups excluding carboxylic acids is 1. The van der Waals surface area contributed by atoms with Crippen LogP contribution in [0.3, 0.4) is 0 Å². The van der Waals surface area contributed by atoms with Gasteiger partial charge in [0, 0.05) is 60.8 Å². The predicted molar refractivity (Wildman–Crippen MR) is 161 cm³/mol. The van der Waals surface area contributed by atoms with Crippen LogP contribution < -0.4 is 20.1 Å². The second kappa shape index (κ2) is 11.6. The fourth-order valence-corrected chi connectivity index (χ4v) is 4.56. The van der Waals surface area contributed by atoms with E-state index in [-0.39, 0.29) is 5.69 Å². The van der Waals surface area contributed by atoms with E-state index in [1.165, 1.54) is 18.7 Å². The number of hydrogen-bond acceptors (Lipinski definition) is 8. The molecule has 1 aliphatic rings. The second-order valence-corrected chi connectivity index (χ2v) is 9.67. The fraction of sp³-hybridized carbons (Fsp3) is 0.129. The first-order valence-corrected chi connectivity index (χ1v) is 13.4. The molecule has 4 aromatic heterocycles. The third-order valence-corrected chi connectivity index (χ3v) is 6.71. The second-order valence-electron chi connectivity index (χ2n) is 9.67. The molecule has 0 atom stereocenters. The molecule has 2 N–H and O–H groups in total. The summed E-state index contributed by atoms with van der Waals surface area (Å²) < 4.78 is 30.0. The molecule has 0 radical (unpaired) electrons. The number of halogens is 1. The normalized spacial score (nSPS) is 13.6. The summed E-state index contributed by atoms with van der Waals surface area (Å²) in [5.74, 6) is 0.258. The van der Waals surface area contributed by atoms with E-state index in [0.29, 0.717) is 58.3 Å². The monoisotopic (exact) mass is 578 g/mol. The first-order chi connectivity index (χ1) is 20.9. The number of rotatable bonds is 9. The highest BCUT2D eigenvalue weighted by molar-refractivity contribution is 6.07. The van der Waals surface area contributed by atoms with Crippen LogP contribution in [0.25, 0.3) is 22.6 Å². The van der Waals surface area contributed by atoms with Crippen molar-refractivity contribution < 1.29 is 18.7 Å². The molecule has 12 heteroatoms. The van der Waals surface area contributed by atoms with Gasteiger partial charge in [-0.2, -0.15) is 5.10 Å². The van der Waals surface area contributed by atoms with E-state index in [0.717, 1.165) is 11.3 Å². The Kier molecular flexibility index (Phi) is 7.39. The molecule has 4 heterocycles. The largest absolute Gasteiger partial charge is 0.492 e. The van der Waals surface area contributed by atoms with Crippen molar-refractivity contribution in [2.24, 2.45) is 7.05 Å². The van der Waals surface area contributed by atoms with Crippen LogP contribution in [-0.4, -0.2) is 41.6 Å². The Labute approximate surface area is 245 Å². The fourth-order valence-electron chi connectivity index (χ4n) is 4.56. The number of amides is 1. The van der Waals surface area contributed by atoms with E-state index in [1.807, 2.05) is 19.1 Å². The molecule has 0 bridgehead atoms. The summed E-state index contributed by atoms with van der Waals surface area (Å²) in [5, 5.41) is 10.7. The number of anilines is 2. The van der Waals surface area contributed by atoms with Gasteiger partial charge in [0.05, 0.1) is 17.8 Å². The standard InChI is InChI=1S/C31H27FN8O3/c1-4-42-28-16-25-23(15-26(28)38-31(41)24(32)13-21-6-5-10-39(21)3)30(35-17-33-25)37-20-7-8-27(19(2)12-20)43-22-9-11-40-29(14-22)34-18-36-40/h5-11,13-18H,2,4,12H2,1,3H3,(H,38,41)(H,33,35,37)/b24-13-. The summed E-state index contributed by atoms with van der Waals surface area (Å²) in [6.07, 6.45) is 11.8. The van der Waals surface area contributed by atoms with Crippen LogP contribution in [0.2, 0.25) is 0 Å². The molecular weight excluding hydrogens is 551 g/mol. The number of nitrogens with one attached hydrogen (secondary N) is 2. The van der Waals surface area contributed by atoms with Crippen LogP contribution in [0.4, 0.5) is 15.9 Å². The molecule has 0 saturated heterocycles. The Morgan fingerprint density at radius 3 is 2.81 bits per heavy atom. The summed E-state index contributed by atoms with van der Waals surface area (Å²) in [6, 6.07) is 10.4. The van der Waals surface area contributed by atoms with Gasteiger partial charge < -0.3 is 24.7 Å². The van der Waals surface area contributed by atoms with Gasteiger partial charge in [-0.15, -0.1) is 0 Å². The molecule has 0 fully saturated rings. The zero-order chi connectivity index (χ0) is 29.9. The Morgan fingerprint density at radius 2 is 2.02 bits per heavy atom. The molecular formula is C31H27FN8O3. The van der Waals surface area contributed by atoms with Gasteiger partial charge in [-0.3, -0.25) is 4.79 Å². The lowest BCUT2D eigenvalue weighted by atomic mass is 10.0. The van der Waals surface area contributed by atoms with Crippen molar-refractivity contribution in [3.63, 3.8) is 0 Å². The number of benzene rings is 1. The van der Waals surface area contributed by atoms with Crippen molar-refractivity contribution in [3.05, 3.63) is 109 Å². The van der Waals surface area contributed by atoms with E-state index in [2.05, 4.69) is 37.3 Å². The summed E-state index contributed by atoms with van der Waals surface area (Å²) >= 11 is 0. The lowest BCUT2D eigenvalue weighted by Crippen LogP contribution is -2.14. The number of carbonyl (C=O) groups is 1. The van der Waals surface area contributed by atoms with Crippen LogP contribution in [0.1, 0.15) is 19.0 Å². The smallest absolute Gasteiger partial charge is 0.284 e. The molecule has 0 spiro atoms. The van der Waals surface area contributed by atoms with Gasteiger partial charge in [0.15, 0.2) is 11.5 Å². The van der Waals surface area contributed by atoms with Crippen LogP contribution in [0, 0.1) is 0 Å². The highest BCUT2D eigenvalue weighted by atomic mass is 19.1. The van der Waals surface area contributed by atoms with Gasteiger partial charge in [0.25, 0.3) is 5.91 Å². The average Bonchev–Trinajstić information content (AvgIpc) is 3.63. The minimum absolute atomic E-state index is 0.287. The maximum Gasteiger partial charge on any atom is 0.284 e. The topological polar surface area (TPSA) is 120 Å². The third kappa shape index (κ3) is 5.84. The predicted octanol–water partition coefficient (Wildman–Crippen LogP) is 5.58. The maximum absolute atomic E-state index is 14.8. The summed E-state index contributed by atoms with van der Waals surface area (Å²) in [4.78, 5) is 25.8. The molecule has 1 aromatic carbocycles. The van der Waals surface area contributed by atoms with E-state index >= 15 is 0 Å². The van der Waals surface area contributed by atoms with Gasteiger partial charge in [0.1, 0.15) is 35.7 Å². The van der Waals surface area contributed by atoms with Crippen molar-refractivity contribution in [3.8, 4) is 11.5 Å². The maximum atomic E-state index is 14.8. The highest BCUT2D eigenvalue weighted by Gasteiger charge is 2.18. The lowest BCUT2D eigenvalue weighted by molar-refractivity contribution is -0.114. The summed E-state index contributed by atoms with van der Waals surface area (Å²) in [7, 11) is 1.77. The van der Waals surface area contributed by atoms with E-state index in [9.17, 15) is 9.18 Å². The number of fused-ring (bicyclic) bond motifs is 2. The van der Waals surface area contributed by atoms with E-state index in [4.69, 9.17) is 9.47 Å². The van der Waals surface area contributed by atoms with E-state index < -0.39 is 11.7 Å². The Bertz CT molecular complexity index is 1970. The van der Waals surface area contributed by atoms with Crippen molar-refractivity contribution >= 4 is 40.0 Å². The Hall–Kier alpha value is -5.78. The molecule has 0 aliphatic heterocycles. The summed E-state index contributed by atoms with van der Waals surface area (Å²) in [5.41, 5.74) is 3.67. The van der Waals surface area contributed by atoms with Crippen molar-refractivity contribution in [2.45, 2.75) is 13.3 Å². The Balaban J connectivity index is 1.25. The molecule has 1 amide bonds. The number of ether oxygens (including phenoxy) is 2. The minimum Gasteiger partial charge on any atom is -0.492 e. The lowest BCUT2D eigenvalue weighted by Gasteiger charge is -2.20. The first-order valence-electron chi connectivity index (χ1n) is 13.4. The van der Waals surface area contributed by atoms with Crippen LogP contribution in [-0.2, 0) is 11.8 Å². The quantitative estimate of drug-likeness (QED) is 0.218. The number of hydrogen-bond donors (Lipinski definition) is 2. The molecule has 1 aliphatic carbocycles. The number of allylic oxidation sites excluding steroid dienone is 4. The van der Waals surface area contributed by atoms with Crippen LogP contribution in [0.15, 0.2) is 103 Å². The third-order valence-electron chi connectivity index (χ3n) is 6.71. The number of aromatic nitrogens is 6. The SMILES string of the molecule is C=C1CC(Nc2ncnc3cc(OCC)c(NC(=O)/C(F)=C/c4cccn4C)cc23)=CC=C1Oc1ccn2ncnc2c1. The minimum atomic E-state index is -0.941. The summed E-state index contributed by atoms with van der Waals surface area (Å²) in [6.45, 7) is 6.34. The molecule has 216 valence electrons. The van der Waals surface area contributed by atoms with Crippen molar-refractivity contribution in [1.29, 1.82) is 0 Å². The molecule has 0 saturated carbocycles. The Morgan fingerprint density at radius 1 is 1.14 bits per heavy atom. The van der Waals surface area contributed by atoms with Crippen molar-refractivity contribution in [2.75, 3.05) is 17.2 Å². The average molecular weight is 579 g/mol. The molecule has 43 heavy (non-hydrogen) atoms. The van der Waals surface area contributed by atoms with Gasteiger partial charge in [0.2, 0.25) is 0 Å². The number of nitrogens with zero attached hydrogens (tertiary/aromatic N) is 6. The first kappa shape index (κ1) is 27.4. The molecule has 0 unspecified atom stereocenters. The zero-order valence-corrected chi connectivity index (χ0v) is 23.4. The van der Waals surface area contributed by atoms with Gasteiger partial charge >= 0.3 is 0 Å². The van der Waals surface area contributed by atoms with Gasteiger partial charge in [-0.1, -0.05) is 6.58 Å². The van der Waals surface area contributed by atoms with Crippen LogP contribution in [0.5, 0.6) is 11.5 Å². The molecule has 6 rings (SSSR count). The van der Waals surface area contributed by atoms with Gasteiger partial charge in [-0.25, -0.2) is 23.9 Å². The van der Waals surface area contributed by atoms with Gasteiger partial charge in [-0.05, 0) is 48.9 Å². The number of pyridine rings is 1. The van der Waals surface area contributed by atoms with E-state index in [1.54, 1.807) is 64.9 Å². The van der Waals surface area contributed by atoms with Crippen molar-refractivity contribution in [1.82, 2.24) is 29.1 Å². The highest BCUT2D eigenvalue weighted by Crippen LogP contribution is 2.34. The molecule has 11 nitrogen and oxygen atoms in total. The number of aryl methyl sites for hydroxylation is 1. The zero-order valence-electron chi connectivity index (χ0n) is 23.4. The molecule has 5 aromatic rings.